The van der Waals surface area contributed by atoms with Gasteiger partial charge in [-0.05, 0) is 182 Å². The maximum absolute atomic E-state index is 12.4. The van der Waals surface area contributed by atoms with E-state index in [4.69, 9.17) is 56.8 Å². The lowest BCUT2D eigenvalue weighted by molar-refractivity contribution is -0.184. The van der Waals surface area contributed by atoms with Gasteiger partial charge in [-0.25, -0.2) is 0 Å². The topological polar surface area (TPSA) is 316 Å². The zero-order valence-electron chi connectivity index (χ0n) is 66.1. The van der Waals surface area contributed by atoms with E-state index in [9.17, 15) is 57.5 Å². The van der Waals surface area contributed by atoms with E-state index in [-0.39, 0.29) is 275 Å². The zero-order chi connectivity index (χ0) is 77.7. The van der Waals surface area contributed by atoms with Crippen LogP contribution in [0.15, 0.2) is 0 Å². The van der Waals surface area contributed by atoms with Crippen molar-refractivity contribution in [3.8, 4) is 0 Å². The van der Waals surface area contributed by atoms with Crippen LogP contribution in [0, 0.1) is 105 Å². The number of esters is 12. The summed E-state index contributed by atoms with van der Waals surface area (Å²) in [6.07, 6.45) is 19.3. The predicted molar refractivity (Wildman–Crippen MR) is 462 cm³/mol. The van der Waals surface area contributed by atoms with Gasteiger partial charge in [0, 0.05) is 62.2 Å². The summed E-state index contributed by atoms with van der Waals surface area (Å²) in [7, 11) is 0. The molecule has 18 fully saturated rings. The van der Waals surface area contributed by atoms with E-state index >= 15 is 0 Å². The Balaban J connectivity index is 0. The first-order valence-electron chi connectivity index (χ1n) is 41.0. The largest absolute Gasteiger partial charge is 0.462 e. The highest BCUT2D eigenvalue weighted by Gasteiger charge is 2.65. The lowest BCUT2D eigenvalue weighted by Crippen LogP contribution is -2.49. The van der Waals surface area contributed by atoms with Gasteiger partial charge in [-0.2, -0.15) is 0 Å². The minimum Gasteiger partial charge on any atom is -0.462 e. The molecule has 16 bridgehead atoms. The van der Waals surface area contributed by atoms with Crippen molar-refractivity contribution < 1.29 is 114 Å². The van der Waals surface area contributed by atoms with Crippen molar-refractivity contribution in [3.63, 3.8) is 0 Å². The number of ether oxygens (including phenoxy) is 12. The van der Waals surface area contributed by atoms with E-state index in [1.807, 2.05) is 104 Å². The number of hydrogen-bond acceptors (Lipinski definition) is 24. The molecule has 18 aliphatic rings. The minimum absolute atomic E-state index is 0. The smallest absolute Gasteiger partial charge is 0.312 e. The fraction of sp³-hybridized carbons (Fsp3) is 0.874. The van der Waals surface area contributed by atoms with Gasteiger partial charge in [-0.1, -0.05) is 151 Å². The molecule has 10 aliphatic carbocycles. The first-order valence-corrected chi connectivity index (χ1v) is 41.0. The van der Waals surface area contributed by atoms with Crippen LogP contribution in [0.1, 0.15) is 360 Å². The number of fused-ring (bicyclic) bond motifs is 8. The second-order valence-corrected chi connectivity index (χ2v) is 36.7. The van der Waals surface area contributed by atoms with Gasteiger partial charge in [0.2, 0.25) is 0 Å². The second-order valence-electron chi connectivity index (χ2n) is 36.7. The third-order valence-electron chi connectivity index (χ3n) is 27.9. The molecular formula is C95H170O24. The standard InChI is InChI=1S/C16H24O4.C15H22O4.C14H20O4.C13H18O4.C13H20O4.C12H18O4.12CH4/c1-4-15(2,3)14(18)20-16-7-10-5-11(8-16)13(17)19-12(6-10)9-16;1-3-9(2)13(16)19-15-6-10-4-11(7-15)14(17)18-12(5-10)8-15;1-4-14(2,3)13(16)18-10-7-5-8-9(6-7)12(15)17-11(8)10;1-3-6(2)12(14)16-10-7-4-8-9(5-7)13(15)17-11(8)10;1-4-13(2,3)12(15)17-9-6-5-8-7-10(9)16-11(8)14;1-3-7(2)11(13)15-9-5-4-8-6-10(9)16-12(8)14;;;;;;;;;;;;/h10-12H,4-9H2,1-3H3;9-12H,3-8H2,1-2H3;7-11H,4-6H2,1-3H3;6-11H,3-5H2,1-2H3;8-10H,4-7H2,1-3H3;7-10H,3-6H2,1-2H3;12*1H4. The van der Waals surface area contributed by atoms with Gasteiger partial charge in [0.25, 0.3) is 0 Å². The summed E-state index contributed by atoms with van der Waals surface area (Å²) in [6.45, 7) is 28.9. The van der Waals surface area contributed by atoms with E-state index < -0.39 is 27.4 Å². The molecule has 0 radical (unpaired) electrons. The molecule has 24 heteroatoms. The highest BCUT2D eigenvalue weighted by atomic mass is 16.6. The summed E-state index contributed by atoms with van der Waals surface area (Å²) in [5.41, 5.74) is -2.25. The van der Waals surface area contributed by atoms with Crippen LogP contribution in [0.5, 0.6) is 0 Å². The van der Waals surface area contributed by atoms with Crippen LogP contribution in [0.25, 0.3) is 0 Å². The summed E-state index contributed by atoms with van der Waals surface area (Å²) in [5.74, 6) is 0.658. The van der Waals surface area contributed by atoms with Gasteiger partial charge in [0.15, 0.2) is 0 Å². The van der Waals surface area contributed by atoms with Crippen LogP contribution in [0.2, 0.25) is 0 Å². The number of carbonyl (C=O) groups excluding carboxylic acids is 12. The van der Waals surface area contributed by atoms with Gasteiger partial charge in [-0.15, -0.1) is 0 Å². The van der Waals surface area contributed by atoms with Gasteiger partial charge < -0.3 is 56.8 Å². The number of rotatable bonds is 18. The number of carbonyl (C=O) groups is 12. The molecule has 10 saturated carbocycles. The van der Waals surface area contributed by atoms with Crippen LogP contribution < -0.4 is 0 Å². The third kappa shape index (κ3) is 24.8. The van der Waals surface area contributed by atoms with E-state index in [1.165, 1.54) is 0 Å². The third-order valence-corrected chi connectivity index (χ3v) is 27.9. The first kappa shape index (κ1) is 115. The lowest BCUT2D eigenvalue weighted by Gasteiger charge is -2.46. The van der Waals surface area contributed by atoms with Crippen molar-refractivity contribution in [2.24, 2.45) is 105 Å². The van der Waals surface area contributed by atoms with Crippen LogP contribution >= 0.6 is 0 Å². The Morgan fingerprint density at radius 3 is 1.09 bits per heavy atom. The Morgan fingerprint density at radius 1 is 0.353 bits per heavy atom. The first-order chi connectivity index (χ1) is 50.4. The monoisotopic (exact) mass is 1700 g/mol. The predicted octanol–water partition coefficient (Wildman–Crippen LogP) is 20.1. The molecule has 0 aromatic rings. The average molecular weight is 1700 g/mol. The van der Waals surface area contributed by atoms with Gasteiger partial charge >= 0.3 is 71.6 Å². The average Bonchev–Trinajstić information content (AvgIpc) is 1.58. The second kappa shape index (κ2) is 45.9. The highest BCUT2D eigenvalue weighted by Crippen LogP contribution is 2.58. The molecule has 27 unspecified atom stereocenters. The van der Waals surface area contributed by atoms with Crippen molar-refractivity contribution in [2.75, 3.05) is 0 Å². The molecule has 0 N–H and O–H groups in total. The van der Waals surface area contributed by atoms with Gasteiger partial charge in [-0.3, -0.25) is 57.5 Å². The van der Waals surface area contributed by atoms with Crippen LogP contribution in [-0.4, -0.2) is 144 Å². The summed E-state index contributed by atoms with van der Waals surface area (Å²) >= 11 is 0. The maximum atomic E-state index is 12.4. The summed E-state index contributed by atoms with van der Waals surface area (Å²) in [6, 6.07) is 0. The molecule has 27 atom stereocenters. The Kier molecular flexibility index (Phi) is 44.2. The van der Waals surface area contributed by atoms with Crippen molar-refractivity contribution >= 4 is 71.6 Å². The van der Waals surface area contributed by atoms with Crippen molar-refractivity contribution in [3.05, 3.63) is 0 Å². The van der Waals surface area contributed by atoms with E-state index in [2.05, 4.69) is 0 Å². The highest BCUT2D eigenvalue weighted by molar-refractivity contribution is 5.81. The molecule has 8 heterocycles. The summed E-state index contributed by atoms with van der Waals surface area (Å²) < 4.78 is 66.1. The van der Waals surface area contributed by atoms with E-state index in [0.29, 0.717) is 67.6 Å². The molecule has 24 nitrogen and oxygen atoms in total. The normalized spacial score (nSPS) is 34.9. The fourth-order valence-electron chi connectivity index (χ4n) is 19.4. The summed E-state index contributed by atoms with van der Waals surface area (Å²) in [5, 5.41) is 0. The molecule has 0 spiro atoms. The molecule has 119 heavy (non-hydrogen) atoms. The van der Waals surface area contributed by atoms with Gasteiger partial charge in [0.1, 0.15) is 72.2 Å². The molecule has 8 saturated heterocycles. The molecule has 694 valence electrons. The zero-order valence-corrected chi connectivity index (χ0v) is 66.1. The van der Waals surface area contributed by atoms with E-state index in [0.717, 1.165) is 135 Å². The van der Waals surface area contributed by atoms with Crippen LogP contribution in [0.4, 0.5) is 0 Å². The minimum atomic E-state index is -0.459. The molecule has 0 amide bonds. The van der Waals surface area contributed by atoms with E-state index in [1.54, 1.807) is 0 Å². The Bertz CT molecular complexity index is 3360. The molecule has 18 rings (SSSR count). The molecular weight excluding hydrogens is 1530 g/mol. The van der Waals surface area contributed by atoms with Crippen molar-refractivity contribution in [1.82, 2.24) is 0 Å². The molecule has 0 aromatic heterocycles. The van der Waals surface area contributed by atoms with Gasteiger partial charge in [0.05, 0.1) is 69.5 Å². The Labute approximate surface area is 719 Å². The Morgan fingerprint density at radius 2 is 0.697 bits per heavy atom. The molecule has 8 aliphatic heterocycles. The van der Waals surface area contributed by atoms with Crippen molar-refractivity contribution in [1.29, 1.82) is 0 Å². The maximum Gasteiger partial charge on any atom is 0.312 e. The quantitative estimate of drug-likeness (QED) is 0.0909. The summed E-state index contributed by atoms with van der Waals surface area (Å²) in [4.78, 5) is 142. The van der Waals surface area contributed by atoms with Crippen LogP contribution in [-0.2, 0) is 114 Å². The van der Waals surface area contributed by atoms with Crippen molar-refractivity contribution in [2.45, 2.75) is 432 Å². The van der Waals surface area contributed by atoms with Crippen LogP contribution in [0.3, 0.4) is 0 Å². The SMILES string of the molecule is C.C.C.C.C.C.C.C.C.C.C.C.CCC(C)(C)C(=O)OC12CC3CC(C1)OC(=O)C(C3)C2.CCC(C)(C)C(=O)OC1C2CC3C(=O)OC1C3C2.CCC(C)(C)C(=O)OC1CCC2CC1OC2=O.CCC(C)C(=O)OC12CC3CC(C1)OC(=O)C(C3)C2.CCC(C)C(=O)OC1C2CC3C(=O)OC1C3C2.CCC(C)C(=O)OC1CCC2CC1OC2=O. The number of hydrogen-bond donors (Lipinski definition) is 0. The lowest BCUT2D eigenvalue weighted by atomic mass is 9.65. The molecule has 0 aromatic carbocycles. The fourth-order valence-corrected chi connectivity index (χ4v) is 19.4. The Hall–Kier alpha value is -6.36.